The minimum absolute atomic E-state index is 0.135. The van der Waals surface area contributed by atoms with Gasteiger partial charge in [0.05, 0.1) is 13.5 Å². The number of hydrogen-bond donors (Lipinski definition) is 1. The van der Waals surface area contributed by atoms with Gasteiger partial charge in [0.2, 0.25) is 0 Å². The number of methoxy groups -OCH3 is 1. The van der Waals surface area contributed by atoms with Crippen LogP contribution in [0.25, 0.3) is 0 Å². The van der Waals surface area contributed by atoms with Crippen molar-refractivity contribution < 1.29 is 9.53 Å². The smallest absolute Gasteiger partial charge is 0.307 e. The maximum absolute atomic E-state index is 11.1. The zero-order valence-corrected chi connectivity index (χ0v) is 9.96. The van der Waals surface area contributed by atoms with Crippen LogP contribution in [0.2, 0.25) is 0 Å². The van der Waals surface area contributed by atoms with E-state index in [1.54, 1.807) is 0 Å². The van der Waals surface area contributed by atoms with E-state index < -0.39 is 0 Å². The first-order valence-corrected chi connectivity index (χ1v) is 5.28. The third-order valence-electron chi connectivity index (χ3n) is 1.97. The molecular formula is C11H23NO2. The largest absolute Gasteiger partial charge is 0.469 e. The van der Waals surface area contributed by atoms with Gasteiger partial charge >= 0.3 is 5.97 Å². The van der Waals surface area contributed by atoms with Gasteiger partial charge in [-0.05, 0) is 12.3 Å². The van der Waals surface area contributed by atoms with Crippen molar-refractivity contribution >= 4 is 5.97 Å². The van der Waals surface area contributed by atoms with Gasteiger partial charge in [0, 0.05) is 12.1 Å². The first-order valence-electron chi connectivity index (χ1n) is 5.28. The third-order valence-corrected chi connectivity index (χ3v) is 1.97. The highest BCUT2D eigenvalue weighted by Crippen LogP contribution is 2.09. The molecule has 0 rings (SSSR count). The standard InChI is InChI=1S/C11H23NO2/c1-8(2)6-10(12-9(3)4)7-11(13)14-5/h8-10,12H,6-7H2,1-5H3. The van der Waals surface area contributed by atoms with E-state index >= 15 is 0 Å². The van der Waals surface area contributed by atoms with Gasteiger partial charge in [-0.2, -0.15) is 0 Å². The van der Waals surface area contributed by atoms with Gasteiger partial charge in [0.25, 0.3) is 0 Å². The molecule has 3 heteroatoms. The molecule has 0 aromatic heterocycles. The van der Waals surface area contributed by atoms with Crippen LogP contribution in [0.5, 0.6) is 0 Å². The van der Waals surface area contributed by atoms with Crippen LogP contribution < -0.4 is 5.32 Å². The quantitative estimate of drug-likeness (QED) is 0.668. The molecule has 0 fully saturated rings. The molecule has 3 nitrogen and oxygen atoms in total. The van der Waals surface area contributed by atoms with Crippen LogP contribution in [0.1, 0.15) is 40.5 Å². The SMILES string of the molecule is COC(=O)CC(CC(C)C)NC(C)C. The fourth-order valence-electron chi connectivity index (χ4n) is 1.54. The lowest BCUT2D eigenvalue weighted by atomic mass is 10.0. The summed E-state index contributed by atoms with van der Waals surface area (Å²) in [6.45, 7) is 8.49. The number of carbonyl (C=O) groups excluding carboxylic acids is 1. The summed E-state index contributed by atoms with van der Waals surface area (Å²) in [6, 6.07) is 0.644. The van der Waals surface area contributed by atoms with Gasteiger partial charge in [-0.25, -0.2) is 0 Å². The highest BCUT2D eigenvalue weighted by atomic mass is 16.5. The van der Waals surface area contributed by atoms with Crippen molar-refractivity contribution in [2.75, 3.05) is 7.11 Å². The summed E-state index contributed by atoms with van der Waals surface area (Å²) >= 11 is 0. The average molecular weight is 201 g/mol. The fourth-order valence-corrected chi connectivity index (χ4v) is 1.54. The molecule has 0 heterocycles. The second-order valence-electron chi connectivity index (χ2n) is 4.43. The lowest BCUT2D eigenvalue weighted by Gasteiger charge is -2.21. The molecule has 14 heavy (non-hydrogen) atoms. The Morgan fingerprint density at radius 1 is 1.29 bits per heavy atom. The summed E-state index contributed by atoms with van der Waals surface area (Å²) in [5, 5.41) is 3.38. The number of hydrogen-bond acceptors (Lipinski definition) is 3. The number of esters is 1. The molecule has 0 aromatic carbocycles. The molecule has 1 N–H and O–H groups in total. The van der Waals surface area contributed by atoms with Crippen LogP contribution in [-0.2, 0) is 9.53 Å². The topological polar surface area (TPSA) is 38.3 Å². The molecule has 0 saturated heterocycles. The predicted molar refractivity (Wildman–Crippen MR) is 58.1 cm³/mol. The fraction of sp³-hybridized carbons (Fsp3) is 0.909. The minimum atomic E-state index is -0.135. The van der Waals surface area contributed by atoms with E-state index in [-0.39, 0.29) is 12.0 Å². The van der Waals surface area contributed by atoms with Gasteiger partial charge in [-0.15, -0.1) is 0 Å². The highest BCUT2D eigenvalue weighted by molar-refractivity contribution is 5.69. The Morgan fingerprint density at radius 3 is 2.21 bits per heavy atom. The third kappa shape index (κ3) is 6.89. The molecule has 1 atom stereocenters. The minimum Gasteiger partial charge on any atom is -0.469 e. The Hall–Kier alpha value is -0.570. The number of nitrogens with one attached hydrogen (secondary N) is 1. The Kier molecular flexibility index (Phi) is 6.54. The van der Waals surface area contributed by atoms with Crippen molar-refractivity contribution in [1.29, 1.82) is 0 Å². The normalized spacial score (nSPS) is 13.4. The number of ether oxygens (including phenoxy) is 1. The first-order chi connectivity index (χ1) is 6.45. The Balaban J connectivity index is 4.03. The molecule has 1 unspecified atom stereocenters. The summed E-state index contributed by atoms with van der Waals surface area (Å²) in [6.07, 6.45) is 1.47. The number of carbonyl (C=O) groups is 1. The van der Waals surface area contributed by atoms with Crippen LogP contribution in [0.15, 0.2) is 0 Å². The van der Waals surface area contributed by atoms with Crippen LogP contribution in [-0.4, -0.2) is 25.2 Å². The van der Waals surface area contributed by atoms with E-state index in [1.807, 2.05) is 0 Å². The van der Waals surface area contributed by atoms with E-state index in [1.165, 1.54) is 7.11 Å². The first kappa shape index (κ1) is 13.4. The Labute approximate surface area is 87.2 Å². The zero-order valence-electron chi connectivity index (χ0n) is 9.96. The lowest BCUT2D eigenvalue weighted by molar-refractivity contribution is -0.141. The predicted octanol–water partition coefficient (Wildman–Crippen LogP) is 1.96. The summed E-state index contributed by atoms with van der Waals surface area (Å²) in [4.78, 5) is 11.1. The average Bonchev–Trinajstić information content (AvgIpc) is 2.01. The monoisotopic (exact) mass is 201 g/mol. The van der Waals surface area contributed by atoms with Crippen molar-refractivity contribution in [2.24, 2.45) is 5.92 Å². The Morgan fingerprint density at radius 2 is 1.86 bits per heavy atom. The maximum Gasteiger partial charge on any atom is 0.307 e. The molecule has 0 saturated carbocycles. The van der Waals surface area contributed by atoms with Crippen LogP contribution in [0.3, 0.4) is 0 Å². The molecule has 0 bridgehead atoms. The van der Waals surface area contributed by atoms with E-state index in [0.717, 1.165) is 6.42 Å². The highest BCUT2D eigenvalue weighted by Gasteiger charge is 2.16. The summed E-state index contributed by atoms with van der Waals surface area (Å²) in [7, 11) is 1.43. The maximum atomic E-state index is 11.1. The van der Waals surface area contributed by atoms with Gasteiger partial charge in [0.1, 0.15) is 0 Å². The number of rotatable bonds is 6. The van der Waals surface area contributed by atoms with E-state index in [2.05, 4.69) is 37.7 Å². The second-order valence-corrected chi connectivity index (χ2v) is 4.43. The molecule has 0 aliphatic heterocycles. The molecule has 0 aliphatic carbocycles. The Bertz CT molecular complexity index is 157. The van der Waals surface area contributed by atoms with E-state index in [9.17, 15) is 4.79 Å². The van der Waals surface area contributed by atoms with Crippen molar-refractivity contribution in [3.8, 4) is 0 Å². The summed E-state index contributed by atoms with van der Waals surface area (Å²) in [5.41, 5.74) is 0. The van der Waals surface area contributed by atoms with Crippen LogP contribution in [0, 0.1) is 5.92 Å². The molecule has 0 amide bonds. The zero-order chi connectivity index (χ0) is 11.1. The molecular weight excluding hydrogens is 178 g/mol. The molecule has 0 aliphatic rings. The second kappa shape index (κ2) is 6.82. The van der Waals surface area contributed by atoms with Crippen LogP contribution in [0.4, 0.5) is 0 Å². The van der Waals surface area contributed by atoms with Gasteiger partial charge in [-0.1, -0.05) is 27.7 Å². The van der Waals surface area contributed by atoms with Crippen molar-refractivity contribution in [3.05, 3.63) is 0 Å². The van der Waals surface area contributed by atoms with Gasteiger partial charge in [-0.3, -0.25) is 4.79 Å². The lowest BCUT2D eigenvalue weighted by Crippen LogP contribution is -2.37. The van der Waals surface area contributed by atoms with Crippen molar-refractivity contribution in [1.82, 2.24) is 5.32 Å². The van der Waals surface area contributed by atoms with Crippen molar-refractivity contribution in [2.45, 2.75) is 52.6 Å². The molecule has 0 radical (unpaired) electrons. The summed E-state index contributed by atoms with van der Waals surface area (Å²) < 4.78 is 4.66. The van der Waals surface area contributed by atoms with Crippen molar-refractivity contribution in [3.63, 3.8) is 0 Å². The van der Waals surface area contributed by atoms with Crippen LogP contribution >= 0.6 is 0 Å². The van der Waals surface area contributed by atoms with E-state index in [4.69, 9.17) is 0 Å². The molecule has 84 valence electrons. The molecule has 0 aromatic rings. The summed E-state index contributed by atoms with van der Waals surface area (Å²) in [5.74, 6) is 0.458. The van der Waals surface area contributed by atoms with Gasteiger partial charge < -0.3 is 10.1 Å². The van der Waals surface area contributed by atoms with E-state index in [0.29, 0.717) is 18.4 Å². The van der Waals surface area contributed by atoms with Gasteiger partial charge in [0.15, 0.2) is 0 Å². The molecule has 0 spiro atoms.